The number of carbonyl (C=O) groups excluding carboxylic acids is 1. The Bertz CT molecular complexity index is 1070. The normalized spacial score (nSPS) is 14.3. The Balaban J connectivity index is 1.24. The van der Waals surface area contributed by atoms with E-state index in [0.29, 0.717) is 30.5 Å². The molecule has 5 rings (SSSR count). The summed E-state index contributed by atoms with van der Waals surface area (Å²) in [6.45, 7) is 1.08. The smallest absolute Gasteiger partial charge is 0.274 e. The Labute approximate surface area is 157 Å². The SMILES string of the molecule is O=C(c1cc(-c2cccs2)[nH]n1)N1CC(c2nc(-c3ccncc3)no2)C1. The highest BCUT2D eigenvalue weighted by Crippen LogP contribution is 2.29. The van der Waals surface area contributed by atoms with Gasteiger partial charge in [-0.25, -0.2) is 0 Å². The van der Waals surface area contributed by atoms with Gasteiger partial charge in [-0.15, -0.1) is 11.3 Å². The molecule has 1 aliphatic heterocycles. The number of likely N-dealkylation sites (tertiary alicyclic amines) is 1. The van der Waals surface area contributed by atoms with Gasteiger partial charge in [-0.05, 0) is 29.6 Å². The van der Waals surface area contributed by atoms with Crippen LogP contribution in [-0.2, 0) is 0 Å². The van der Waals surface area contributed by atoms with E-state index < -0.39 is 0 Å². The van der Waals surface area contributed by atoms with Gasteiger partial charge in [-0.2, -0.15) is 10.1 Å². The van der Waals surface area contributed by atoms with Gasteiger partial charge >= 0.3 is 0 Å². The molecule has 0 spiro atoms. The van der Waals surface area contributed by atoms with Crippen molar-refractivity contribution < 1.29 is 9.32 Å². The lowest BCUT2D eigenvalue weighted by molar-refractivity contribution is 0.0563. The molecule has 1 amide bonds. The van der Waals surface area contributed by atoms with E-state index in [9.17, 15) is 4.79 Å². The third-order valence-electron chi connectivity index (χ3n) is 4.48. The fourth-order valence-electron chi connectivity index (χ4n) is 2.97. The maximum atomic E-state index is 12.6. The summed E-state index contributed by atoms with van der Waals surface area (Å²) in [6.07, 6.45) is 3.37. The first-order valence-electron chi connectivity index (χ1n) is 8.40. The maximum Gasteiger partial charge on any atom is 0.274 e. The van der Waals surface area contributed by atoms with Gasteiger partial charge in [0.05, 0.1) is 16.5 Å². The van der Waals surface area contributed by atoms with Crippen LogP contribution in [0.2, 0.25) is 0 Å². The van der Waals surface area contributed by atoms with E-state index in [4.69, 9.17) is 4.52 Å². The van der Waals surface area contributed by atoms with Crippen molar-refractivity contribution in [2.24, 2.45) is 0 Å². The minimum atomic E-state index is -0.0980. The van der Waals surface area contributed by atoms with Gasteiger partial charge in [0.25, 0.3) is 5.91 Å². The average molecular weight is 378 g/mol. The summed E-state index contributed by atoms with van der Waals surface area (Å²) in [5, 5.41) is 13.1. The van der Waals surface area contributed by atoms with Crippen molar-refractivity contribution in [1.82, 2.24) is 30.2 Å². The number of nitrogens with zero attached hydrogens (tertiary/aromatic N) is 5. The van der Waals surface area contributed by atoms with Crippen LogP contribution < -0.4 is 0 Å². The van der Waals surface area contributed by atoms with Crippen molar-refractivity contribution in [2.45, 2.75) is 5.92 Å². The maximum absolute atomic E-state index is 12.6. The van der Waals surface area contributed by atoms with E-state index in [1.807, 2.05) is 29.6 Å². The van der Waals surface area contributed by atoms with E-state index in [-0.39, 0.29) is 11.8 Å². The van der Waals surface area contributed by atoms with Crippen LogP contribution >= 0.6 is 11.3 Å². The van der Waals surface area contributed by atoms with Crippen molar-refractivity contribution in [3.63, 3.8) is 0 Å². The summed E-state index contributed by atoms with van der Waals surface area (Å²) in [7, 11) is 0. The molecule has 0 aliphatic carbocycles. The van der Waals surface area contributed by atoms with E-state index in [1.54, 1.807) is 34.7 Å². The first-order valence-corrected chi connectivity index (χ1v) is 9.28. The zero-order valence-electron chi connectivity index (χ0n) is 14.1. The lowest BCUT2D eigenvalue weighted by Gasteiger charge is -2.36. The van der Waals surface area contributed by atoms with Gasteiger partial charge in [0.15, 0.2) is 5.69 Å². The largest absolute Gasteiger partial charge is 0.339 e. The number of carbonyl (C=O) groups is 1. The van der Waals surface area contributed by atoms with Crippen molar-refractivity contribution in [1.29, 1.82) is 0 Å². The molecule has 0 unspecified atom stereocenters. The minimum Gasteiger partial charge on any atom is -0.339 e. The van der Waals surface area contributed by atoms with E-state index in [1.165, 1.54) is 0 Å². The average Bonchev–Trinajstić information content (AvgIpc) is 3.41. The lowest BCUT2D eigenvalue weighted by Crippen LogP contribution is -2.48. The van der Waals surface area contributed by atoms with Crippen LogP contribution in [0.25, 0.3) is 22.0 Å². The van der Waals surface area contributed by atoms with Gasteiger partial charge < -0.3 is 9.42 Å². The molecule has 9 heteroatoms. The number of amides is 1. The van der Waals surface area contributed by atoms with Crippen LogP contribution in [0, 0.1) is 0 Å². The summed E-state index contributed by atoms with van der Waals surface area (Å²) < 4.78 is 5.37. The second-order valence-electron chi connectivity index (χ2n) is 6.24. The number of aromatic amines is 1. The van der Waals surface area contributed by atoms with Gasteiger partial charge in [-0.1, -0.05) is 11.2 Å². The Morgan fingerprint density at radius 3 is 2.89 bits per heavy atom. The van der Waals surface area contributed by atoms with Crippen LogP contribution in [0.3, 0.4) is 0 Å². The van der Waals surface area contributed by atoms with Gasteiger partial charge in [0.1, 0.15) is 0 Å². The second-order valence-corrected chi connectivity index (χ2v) is 7.19. The van der Waals surface area contributed by atoms with Crippen molar-refractivity contribution in [2.75, 3.05) is 13.1 Å². The van der Waals surface area contributed by atoms with Crippen LogP contribution in [0.1, 0.15) is 22.3 Å². The molecule has 0 aromatic carbocycles. The van der Waals surface area contributed by atoms with Crippen LogP contribution in [-0.4, -0.2) is 49.2 Å². The predicted molar refractivity (Wildman–Crippen MR) is 98.1 cm³/mol. The molecular formula is C18H14N6O2S. The molecule has 1 aliphatic rings. The number of rotatable bonds is 4. The van der Waals surface area contributed by atoms with Gasteiger partial charge in [-0.3, -0.25) is 14.9 Å². The van der Waals surface area contributed by atoms with Crippen molar-refractivity contribution >= 4 is 17.2 Å². The molecule has 1 N–H and O–H groups in total. The van der Waals surface area contributed by atoms with E-state index in [0.717, 1.165) is 16.1 Å². The fraction of sp³-hybridized carbons (Fsp3) is 0.167. The minimum absolute atomic E-state index is 0.0488. The number of pyridine rings is 1. The summed E-state index contributed by atoms with van der Waals surface area (Å²) in [6, 6.07) is 9.40. The van der Waals surface area contributed by atoms with Gasteiger partial charge in [0, 0.05) is 31.0 Å². The molecule has 134 valence electrons. The molecule has 0 radical (unpaired) electrons. The molecule has 0 bridgehead atoms. The zero-order chi connectivity index (χ0) is 18.2. The molecule has 27 heavy (non-hydrogen) atoms. The van der Waals surface area contributed by atoms with Crippen LogP contribution in [0.5, 0.6) is 0 Å². The summed E-state index contributed by atoms with van der Waals surface area (Å²) in [4.78, 5) is 23.8. The van der Waals surface area contributed by atoms with Crippen molar-refractivity contribution in [3.05, 3.63) is 59.7 Å². The molecule has 1 fully saturated rings. The topological polar surface area (TPSA) is 101 Å². The molecule has 0 saturated carbocycles. The number of nitrogens with one attached hydrogen (secondary N) is 1. The molecule has 4 aromatic heterocycles. The fourth-order valence-corrected chi connectivity index (χ4v) is 3.66. The third kappa shape index (κ3) is 2.91. The Morgan fingerprint density at radius 1 is 1.26 bits per heavy atom. The quantitative estimate of drug-likeness (QED) is 0.586. The summed E-state index contributed by atoms with van der Waals surface area (Å²) >= 11 is 1.60. The summed E-state index contributed by atoms with van der Waals surface area (Å²) in [5.74, 6) is 1.03. The molecule has 8 nitrogen and oxygen atoms in total. The van der Waals surface area contributed by atoms with E-state index in [2.05, 4.69) is 25.3 Å². The highest BCUT2D eigenvalue weighted by molar-refractivity contribution is 7.13. The second kappa shape index (κ2) is 6.44. The number of aromatic nitrogens is 5. The highest BCUT2D eigenvalue weighted by atomic mass is 32.1. The standard InChI is InChI=1S/C18H14N6O2S/c25-18(14-8-13(21-22-14)15-2-1-7-27-15)24-9-12(10-24)17-20-16(23-26-17)11-3-5-19-6-4-11/h1-8,12H,9-10H2,(H,21,22). The molecule has 1 saturated heterocycles. The highest BCUT2D eigenvalue weighted by Gasteiger charge is 2.36. The lowest BCUT2D eigenvalue weighted by atomic mass is 9.99. The molecular weight excluding hydrogens is 364 g/mol. The monoisotopic (exact) mass is 378 g/mol. The van der Waals surface area contributed by atoms with Crippen LogP contribution in [0.15, 0.2) is 52.6 Å². The predicted octanol–water partition coefficient (Wildman–Crippen LogP) is 2.82. The Kier molecular flexibility index (Phi) is 3.79. The zero-order valence-corrected chi connectivity index (χ0v) is 14.9. The Morgan fingerprint density at radius 2 is 2.11 bits per heavy atom. The number of thiophene rings is 1. The number of hydrogen-bond acceptors (Lipinski definition) is 7. The molecule has 5 heterocycles. The van der Waals surface area contributed by atoms with Gasteiger partial charge in [0.2, 0.25) is 11.7 Å². The van der Waals surface area contributed by atoms with Crippen molar-refractivity contribution in [3.8, 4) is 22.0 Å². The van der Waals surface area contributed by atoms with E-state index >= 15 is 0 Å². The molecule has 0 atom stereocenters. The first-order chi connectivity index (χ1) is 13.3. The Hall–Kier alpha value is -3.33. The summed E-state index contributed by atoms with van der Waals surface area (Å²) in [5.41, 5.74) is 2.12. The third-order valence-corrected chi connectivity index (χ3v) is 5.39. The number of H-pyrrole nitrogens is 1. The number of hydrogen-bond donors (Lipinski definition) is 1. The van der Waals surface area contributed by atoms with Crippen LogP contribution in [0.4, 0.5) is 0 Å². The molecule has 4 aromatic rings. The first kappa shape index (κ1) is 15.9.